The molecule has 2 aliphatic rings. The Morgan fingerprint density at radius 1 is 1.00 bits per heavy atom. The summed E-state index contributed by atoms with van der Waals surface area (Å²) in [6.07, 6.45) is 3.34. The number of amides is 2. The molecule has 2 fully saturated rings. The van der Waals surface area contributed by atoms with Gasteiger partial charge in [-0.3, -0.25) is 9.59 Å². The lowest BCUT2D eigenvalue weighted by molar-refractivity contribution is -0.153. The number of carbonyl (C=O) groups excluding carboxylic acids is 2. The quantitative estimate of drug-likeness (QED) is 0.565. The molecule has 2 amide bonds. The fraction of sp³-hybridized carbons (Fsp3) is 0.481. The Balaban J connectivity index is 1.53. The first kappa shape index (κ1) is 25.3. The molecule has 0 aliphatic carbocycles. The number of likely N-dealkylation sites (tertiary alicyclic amines) is 1. The number of hydrogen-bond acceptors (Lipinski definition) is 5. The van der Waals surface area contributed by atoms with E-state index in [-0.39, 0.29) is 31.4 Å². The molecule has 2 aliphatic heterocycles. The summed E-state index contributed by atoms with van der Waals surface area (Å²) in [6, 6.07) is 12.5. The molecule has 0 aromatic heterocycles. The van der Waals surface area contributed by atoms with Crippen LogP contribution in [-0.4, -0.2) is 73.7 Å². The molecule has 0 N–H and O–H groups in total. The highest BCUT2D eigenvalue weighted by molar-refractivity contribution is 6.31. The predicted molar refractivity (Wildman–Crippen MR) is 134 cm³/mol. The molecule has 35 heavy (non-hydrogen) atoms. The highest BCUT2D eigenvalue weighted by atomic mass is 35.5. The summed E-state index contributed by atoms with van der Waals surface area (Å²) in [5.41, 5.74) is 0.532. The van der Waals surface area contributed by atoms with Crippen LogP contribution in [0.2, 0.25) is 5.02 Å². The summed E-state index contributed by atoms with van der Waals surface area (Å²) >= 11 is 6.16. The third-order valence-corrected chi connectivity index (χ3v) is 7.11. The number of hydrogen-bond donors (Lipinski definition) is 0. The minimum atomic E-state index is -0.942. The fourth-order valence-electron chi connectivity index (χ4n) is 4.63. The summed E-state index contributed by atoms with van der Waals surface area (Å²) in [7, 11) is 1.59. The van der Waals surface area contributed by atoms with Gasteiger partial charge in [-0.2, -0.15) is 0 Å². The van der Waals surface area contributed by atoms with Gasteiger partial charge in [-0.1, -0.05) is 11.6 Å². The molecule has 8 heteroatoms. The Morgan fingerprint density at radius 3 is 2.40 bits per heavy atom. The molecule has 0 saturated carbocycles. The van der Waals surface area contributed by atoms with Gasteiger partial charge in [0, 0.05) is 30.2 Å². The van der Waals surface area contributed by atoms with Gasteiger partial charge in [-0.15, -0.1) is 0 Å². The van der Waals surface area contributed by atoms with Crippen LogP contribution < -0.4 is 9.47 Å². The molecule has 2 aromatic rings. The van der Waals surface area contributed by atoms with E-state index in [2.05, 4.69) is 0 Å². The lowest BCUT2D eigenvalue weighted by Crippen LogP contribution is -2.58. The molecule has 2 aromatic carbocycles. The number of ether oxygens (including phenoxy) is 3. The molecule has 2 saturated heterocycles. The van der Waals surface area contributed by atoms with Crippen LogP contribution in [-0.2, 0) is 9.53 Å². The normalized spacial score (nSPS) is 20.4. The number of nitrogens with zero attached hydrogens (tertiary/aromatic N) is 2. The second kappa shape index (κ2) is 11.3. The van der Waals surface area contributed by atoms with Gasteiger partial charge >= 0.3 is 0 Å². The maximum atomic E-state index is 13.3. The zero-order chi connectivity index (χ0) is 24.8. The Morgan fingerprint density at radius 2 is 1.71 bits per heavy atom. The minimum Gasteiger partial charge on any atom is -0.497 e. The van der Waals surface area contributed by atoms with Gasteiger partial charge in [-0.05, 0) is 74.2 Å². The second-order valence-electron chi connectivity index (χ2n) is 9.30. The number of piperidine rings is 1. The van der Waals surface area contributed by atoms with Gasteiger partial charge in [0.05, 0.1) is 26.7 Å². The van der Waals surface area contributed by atoms with Crippen molar-refractivity contribution in [3.05, 3.63) is 58.6 Å². The molecule has 1 atom stereocenters. The number of aryl methyl sites for hydroxylation is 1. The summed E-state index contributed by atoms with van der Waals surface area (Å²) < 4.78 is 17.6. The fourth-order valence-corrected chi connectivity index (χ4v) is 4.75. The van der Waals surface area contributed by atoms with Crippen molar-refractivity contribution < 1.29 is 23.8 Å². The average molecular weight is 501 g/mol. The van der Waals surface area contributed by atoms with Gasteiger partial charge in [0.2, 0.25) is 5.91 Å². The van der Waals surface area contributed by atoms with E-state index in [1.54, 1.807) is 48.4 Å². The smallest absolute Gasteiger partial charge is 0.254 e. The molecular weight excluding hydrogens is 468 g/mol. The van der Waals surface area contributed by atoms with Crippen LogP contribution in [0.25, 0.3) is 0 Å². The number of rotatable bonds is 7. The van der Waals surface area contributed by atoms with Gasteiger partial charge in [-0.25, -0.2) is 0 Å². The highest BCUT2D eigenvalue weighted by Crippen LogP contribution is 2.28. The van der Waals surface area contributed by atoms with Crippen LogP contribution in [0.5, 0.6) is 11.5 Å². The van der Waals surface area contributed by atoms with Crippen molar-refractivity contribution in [1.29, 1.82) is 0 Å². The minimum absolute atomic E-state index is 0.0410. The van der Waals surface area contributed by atoms with Crippen LogP contribution in [0.3, 0.4) is 0 Å². The predicted octanol–water partition coefficient (Wildman–Crippen LogP) is 4.35. The Hall–Kier alpha value is -2.77. The number of benzene rings is 2. The highest BCUT2D eigenvalue weighted by Gasteiger charge is 2.42. The summed E-state index contributed by atoms with van der Waals surface area (Å²) in [4.78, 5) is 30.2. The molecular formula is C27H33ClN2O5. The molecule has 188 valence electrons. The molecule has 4 rings (SSSR count). The number of halogens is 1. The monoisotopic (exact) mass is 500 g/mol. The van der Waals surface area contributed by atoms with E-state index in [1.165, 1.54) is 0 Å². The average Bonchev–Trinajstić information content (AvgIpc) is 2.89. The lowest BCUT2D eigenvalue weighted by atomic mass is 9.95. The van der Waals surface area contributed by atoms with Crippen molar-refractivity contribution in [3.8, 4) is 11.5 Å². The van der Waals surface area contributed by atoms with E-state index >= 15 is 0 Å². The van der Waals surface area contributed by atoms with E-state index in [4.69, 9.17) is 25.8 Å². The van der Waals surface area contributed by atoms with Gasteiger partial charge in [0.25, 0.3) is 5.91 Å². The van der Waals surface area contributed by atoms with Crippen LogP contribution in [0.15, 0.2) is 42.5 Å². The van der Waals surface area contributed by atoms with E-state index in [0.29, 0.717) is 35.2 Å². The number of methoxy groups -OCH3 is 1. The standard InChI is InChI=1S/C27H33ClN2O5/c1-20-16-23(10-11-24(20)28)34-19-27(17-25(31)29-12-4-3-5-13-29)18-30(14-15-35-27)26(32)21-6-8-22(33-2)9-7-21/h6-11,16H,3-5,12-15,17-19H2,1-2H3/t27-/m1/s1. The lowest BCUT2D eigenvalue weighted by Gasteiger charge is -2.43. The largest absolute Gasteiger partial charge is 0.497 e. The molecule has 2 heterocycles. The second-order valence-corrected chi connectivity index (χ2v) is 9.71. The van der Waals surface area contributed by atoms with Crippen molar-refractivity contribution in [3.63, 3.8) is 0 Å². The van der Waals surface area contributed by atoms with Crippen molar-refractivity contribution in [2.75, 3.05) is 46.5 Å². The zero-order valence-electron chi connectivity index (χ0n) is 20.4. The van der Waals surface area contributed by atoms with Gasteiger partial charge in [0.1, 0.15) is 23.7 Å². The van der Waals surface area contributed by atoms with Crippen LogP contribution in [0, 0.1) is 6.92 Å². The molecule has 0 spiro atoms. The maximum absolute atomic E-state index is 13.3. The SMILES string of the molecule is COc1ccc(C(=O)N2CCO[C@](COc3ccc(Cl)c(C)c3)(CC(=O)N3CCCCC3)C2)cc1. The van der Waals surface area contributed by atoms with Crippen molar-refractivity contribution in [2.24, 2.45) is 0 Å². The Kier molecular flexibility index (Phi) is 8.19. The zero-order valence-corrected chi connectivity index (χ0v) is 21.2. The van der Waals surface area contributed by atoms with Crippen molar-refractivity contribution >= 4 is 23.4 Å². The first-order valence-corrected chi connectivity index (χ1v) is 12.5. The van der Waals surface area contributed by atoms with Crippen LogP contribution in [0.1, 0.15) is 41.6 Å². The summed E-state index contributed by atoms with van der Waals surface area (Å²) in [5, 5.41) is 0.664. The molecule has 0 bridgehead atoms. The topological polar surface area (TPSA) is 68.3 Å². The number of carbonyl (C=O) groups is 2. The van der Waals surface area contributed by atoms with E-state index in [1.807, 2.05) is 17.9 Å². The van der Waals surface area contributed by atoms with Gasteiger partial charge < -0.3 is 24.0 Å². The van der Waals surface area contributed by atoms with E-state index < -0.39 is 5.60 Å². The van der Waals surface area contributed by atoms with Crippen LogP contribution >= 0.6 is 11.6 Å². The van der Waals surface area contributed by atoms with Crippen molar-refractivity contribution in [1.82, 2.24) is 9.80 Å². The van der Waals surface area contributed by atoms with Crippen molar-refractivity contribution in [2.45, 2.75) is 38.2 Å². The maximum Gasteiger partial charge on any atom is 0.254 e. The van der Waals surface area contributed by atoms with Crippen LogP contribution in [0.4, 0.5) is 0 Å². The molecule has 0 unspecified atom stereocenters. The van der Waals surface area contributed by atoms with Gasteiger partial charge in [0.15, 0.2) is 0 Å². The number of morpholine rings is 1. The first-order valence-electron chi connectivity index (χ1n) is 12.1. The third kappa shape index (κ3) is 6.27. The molecule has 7 nitrogen and oxygen atoms in total. The first-order chi connectivity index (χ1) is 16.9. The summed E-state index contributed by atoms with van der Waals surface area (Å²) in [5.74, 6) is 1.28. The summed E-state index contributed by atoms with van der Waals surface area (Å²) in [6.45, 7) is 4.64. The molecule has 0 radical (unpaired) electrons. The Labute approximate surface area is 211 Å². The van der Waals surface area contributed by atoms with E-state index in [9.17, 15) is 9.59 Å². The third-order valence-electron chi connectivity index (χ3n) is 6.69. The Bertz CT molecular complexity index is 1040. The van der Waals surface area contributed by atoms with E-state index in [0.717, 1.165) is 37.9 Å².